The Labute approximate surface area is 183 Å². The number of aliphatic hydroxyl groups excluding tert-OH is 1. The maximum absolute atomic E-state index is 13.7. The molecule has 0 saturated carbocycles. The summed E-state index contributed by atoms with van der Waals surface area (Å²) >= 11 is 0. The Balaban J connectivity index is 1.72. The Morgan fingerprint density at radius 1 is 1.00 bits per heavy atom. The van der Waals surface area contributed by atoms with Crippen LogP contribution in [0.4, 0.5) is 5.69 Å². The van der Waals surface area contributed by atoms with Crippen LogP contribution in [0.25, 0.3) is 10.8 Å². The first-order valence-corrected chi connectivity index (χ1v) is 12.1. The molecular weight excluding hydrogens is 412 g/mol. The maximum Gasteiger partial charge on any atom is 0.264 e. The molecule has 0 radical (unpaired) electrons. The number of anilines is 1. The average Bonchev–Trinajstić information content (AvgIpc) is 2.78. The van der Waals surface area contributed by atoms with Crippen molar-refractivity contribution in [2.45, 2.75) is 17.9 Å². The van der Waals surface area contributed by atoms with Gasteiger partial charge in [-0.05, 0) is 30.5 Å². The predicted octanol–water partition coefficient (Wildman–Crippen LogP) is 1.62. The van der Waals surface area contributed by atoms with Crippen molar-refractivity contribution >= 4 is 26.5 Å². The summed E-state index contributed by atoms with van der Waals surface area (Å²) < 4.78 is 34.2. The summed E-state index contributed by atoms with van der Waals surface area (Å²) in [5, 5.41) is 12.7. The van der Waals surface area contributed by atoms with E-state index in [-0.39, 0.29) is 11.4 Å². The monoisotopic (exact) mass is 441 g/mol. The van der Waals surface area contributed by atoms with Crippen molar-refractivity contribution in [3.8, 4) is 0 Å². The predicted molar refractivity (Wildman–Crippen MR) is 122 cm³/mol. The van der Waals surface area contributed by atoms with Gasteiger partial charge in [0, 0.05) is 5.39 Å². The zero-order valence-electron chi connectivity index (χ0n) is 17.7. The van der Waals surface area contributed by atoms with Gasteiger partial charge in [0.25, 0.3) is 10.0 Å². The molecule has 7 heteroatoms. The largest absolute Gasteiger partial charge is 0.385 e. The summed E-state index contributed by atoms with van der Waals surface area (Å²) in [4.78, 5) is 1.45. The lowest BCUT2D eigenvalue weighted by Gasteiger charge is -2.30. The standard InChI is InChI=1S/C24H28N2O4S/c1-19-9-11-22(12-10-19)31(28,29)26(18-21(27)17-25-13-15-30-16-14-25)24-8-4-6-20-5-2-3-7-23(20)24/h2-12,21,27H,13-18H2,1H3/p+1. The van der Waals surface area contributed by atoms with Gasteiger partial charge in [0.05, 0.1) is 30.3 Å². The van der Waals surface area contributed by atoms with Gasteiger partial charge in [0.2, 0.25) is 0 Å². The minimum absolute atomic E-state index is 0.00538. The van der Waals surface area contributed by atoms with E-state index >= 15 is 0 Å². The average molecular weight is 442 g/mol. The Morgan fingerprint density at radius 2 is 1.68 bits per heavy atom. The number of sulfonamides is 1. The number of ether oxygens (including phenoxy) is 1. The number of aliphatic hydroxyl groups is 1. The van der Waals surface area contributed by atoms with E-state index in [1.54, 1.807) is 24.3 Å². The normalized spacial score (nSPS) is 16.3. The number of nitrogens with one attached hydrogen (secondary N) is 1. The van der Waals surface area contributed by atoms with Crippen LogP contribution < -0.4 is 9.21 Å². The second-order valence-electron chi connectivity index (χ2n) is 8.07. The van der Waals surface area contributed by atoms with Crippen LogP contribution >= 0.6 is 0 Å². The number of hydrogen-bond acceptors (Lipinski definition) is 4. The zero-order chi connectivity index (χ0) is 21.8. The third-order valence-corrected chi connectivity index (χ3v) is 7.54. The third-order valence-electron chi connectivity index (χ3n) is 5.75. The first-order chi connectivity index (χ1) is 14.9. The van der Waals surface area contributed by atoms with Crippen molar-refractivity contribution in [1.29, 1.82) is 0 Å². The van der Waals surface area contributed by atoms with Gasteiger partial charge < -0.3 is 14.7 Å². The van der Waals surface area contributed by atoms with Crippen LogP contribution in [-0.2, 0) is 14.8 Å². The molecule has 1 fully saturated rings. The Bertz CT molecular complexity index is 1120. The smallest absolute Gasteiger partial charge is 0.264 e. The molecule has 3 aromatic carbocycles. The van der Waals surface area contributed by atoms with E-state index < -0.39 is 16.1 Å². The number of aryl methyl sites for hydroxylation is 1. The molecule has 1 saturated heterocycles. The summed E-state index contributed by atoms with van der Waals surface area (Å²) in [7, 11) is -3.86. The van der Waals surface area contributed by atoms with Crippen LogP contribution in [0.3, 0.4) is 0 Å². The first-order valence-electron chi connectivity index (χ1n) is 10.6. The highest BCUT2D eigenvalue weighted by atomic mass is 32.2. The molecule has 1 atom stereocenters. The molecule has 0 bridgehead atoms. The fraction of sp³-hybridized carbons (Fsp3) is 0.333. The first kappa shape index (κ1) is 21.8. The van der Waals surface area contributed by atoms with Gasteiger partial charge in [-0.25, -0.2) is 8.42 Å². The highest BCUT2D eigenvalue weighted by Crippen LogP contribution is 2.31. The molecule has 2 N–H and O–H groups in total. The molecule has 1 heterocycles. The molecule has 0 aromatic heterocycles. The van der Waals surface area contributed by atoms with Gasteiger partial charge in [-0.3, -0.25) is 4.31 Å². The molecule has 0 spiro atoms. The number of quaternary nitrogens is 1. The van der Waals surface area contributed by atoms with Crippen LogP contribution in [0.1, 0.15) is 5.56 Å². The van der Waals surface area contributed by atoms with Crippen LogP contribution in [-0.4, -0.2) is 59.0 Å². The Morgan fingerprint density at radius 3 is 2.42 bits per heavy atom. The third kappa shape index (κ3) is 4.91. The second kappa shape index (κ2) is 9.36. The number of fused-ring (bicyclic) bond motifs is 1. The van der Waals surface area contributed by atoms with Crippen molar-refractivity contribution in [2.75, 3.05) is 43.7 Å². The fourth-order valence-electron chi connectivity index (χ4n) is 4.04. The molecule has 0 aliphatic carbocycles. The van der Waals surface area contributed by atoms with E-state index in [4.69, 9.17) is 4.74 Å². The van der Waals surface area contributed by atoms with Crippen molar-refractivity contribution in [2.24, 2.45) is 0 Å². The quantitative estimate of drug-likeness (QED) is 0.585. The molecule has 1 aliphatic heterocycles. The summed E-state index contributed by atoms with van der Waals surface area (Å²) in [5.74, 6) is 0. The zero-order valence-corrected chi connectivity index (χ0v) is 18.5. The molecule has 1 aliphatic rings. The molecule has 3 aromatic rings. The van der Waals surface area contributed by atoms with Crippen molar-refractivity contribution in [3.63, 3.8) is 0 Å². The number of nitrogens with zero attached hydrogens (tertiary/aromatic N) is 1. The van der Waals surface area contributed by atoms with Crippen LogP contribution in [0, 0.1) is 6.92 Å². The van der Waals surface area contributed by atoms with Gasteiger partial charge >= 0.3 is 0 Å². The van der Waals surface area contributed by atoms with E-state index in [0.717, 1.165) is 29.4 Å². The van der Waals surface area contributed by atoms with Gasteiger partial charge in [0.15, 0.2) is 0 Å². The maximum atomic E-state index is 13.7. The SMILES string of the molecule is Cc1ccc(S(=O)(=O)N(CC(O)C[NH+]2CCOCC2)c2cccc3ccccc23)cc1. The molecule has 6 nitrogen and oxygen atoms in total. The highest BCUT2D eigenvalue weighted by Gasteiger charge is 2.30. The van der Waals surface area contributed by atoms with Crippen LogP contribution in [0.15, 0.2) is 71.6 Å². The van der Waals surface area contributed by atoms with Gasteiger partial charge in [-0.2, -0.15) is 0 Å². The minimum atomic E-state index is -3.86. The van der Waals surface area contributed by atoms with Gasteiger partial charge in [-0.1, -0.05) is 54.1 Å². The van der Waals surface area contributed by atoms with Gasteiger partial charge in [0.1, 0.15) is 25.7 Å². The highest BCUT2D eigenvalue weighted by molar-refractivity contribution is 7.92. The topological polar surface area (TPSA) is 71.3 Å². The minimum Gasteiger partial charge on any atom is -0.385 e. The summed E-state index contributed by atoms with van der Waals surface area (Å²) in [6, 6.07) is 20.2. The Hall–Kier alpha value is -2.45. The van der Waals surface area contributed by atoms with Gasteiger partial charge in [-0.15, -0.1) is 0 Å². The van der Waals surface area contributed by atoms with Crippen LogP contribution in [0.5, 0.6) is 0 Å². The van der Waals surface area contributed by atoms with Crippen LogP contribution in [0.2, 0.25) is 0 Å². The molecule has 1 unspecified atom stereocenters. The number of rotatable bonds is 7. The number of benzene rings is 3. The van der Waals surface area contributed by atoms with E-state index in [9.17, 15) is 13.5 Å². The van der Waals surface area contributed by atoms with Crippen molar-refractivity contribution in [3.05, 3.63) is 72.3 Å². The van der Waals surface area contributed by atoms with E-state index in [0.29, 0.717) is 25.4 Å². The molecular formula is C24H29N2O4S+. The van der Waals surface area contributed by atoms with Crippen molar-refractivity contribution < 1.29 is 23.2 Å². The number of morpholine rings is 1. The van der Waals surface area contributed by atoms with E-state index in [1.165, 1.54) is 9.21 Å². The lowest BCUT2D eigenvalue weighted by Crippen LogP contribution is -3.15. The molecule has 4 rings (SSSR count). The second-order valence-corrected chi connectivity index (χ2v) is 9.93. The van der Waals surface area contributed by atoms with Crippen molar-refractivity contribution in [1.82, 2.24) is 0 Å². The molecule has 0 amide bonds. The number of hydrogen-bond donors (Lipinski definition) is 2. The molecule has 31 heavy (non-hydrogen) atoms. The lowest BCUT2D eigenvalue weighted by molar-refractivity contribution is -0.910. The van der Waals surface area contributed by atoms with E-state index in [1.807, 2.05) is 49.4 Å². The van der Waals surface area contributed by atoms with E-state index in [2.05, 4.69) is 0 Å². The summed E-state index contributed by atoms with van der Waals surface area (Å²) in [5.41, 5.74) is 1.57. The summed E-state index contributed by atoms with van der Waals surface area (Å²) in [6.07, 6.45) is -0.799. The lowest BCUT2D eigenvalue weighted by atomic mass is 10.1. The Kier molecular flexibility index (Phi) is 6.57. The summed E-state index contributed by atoms with van der Waals surface area (Å²) in [6.45, 7) is 5.36. The fourth-order valence-corrected chi connectivity index (χ4v) is 5.56. The molecule has 164 valence electrons.